The fourth-order valence-corrected chi connectivity index (χ4v) is 3.02. The molecule has 9 heteroatoms. The summed E-state index contributed by atoms with van der Waals surface area (Å²) in [4.78, 5) is 29.1. The number of aromatic amines is 1. The van der Waals surface area contributed by atoms with Gasteiger partial charge in [-0.05, 0) is 32.0 Å². The van der Waals surface area contributed by atoms with Gasteiger partial charge in [-0.25, -0.2) is 0 Å². The van der Waals surface area contributed by atoms with Crippen molar-refractivity contribution in [1.29, 1.82) is 0 Å². The second-order valence-corrected chi connectivity index (χ2v) is 6.97. The lowest BCUT2D eigenvalue weighted by atomic mass is 10.2. The molecule has 1 fully saturated rings. The van der Waals surface area contributed by atoms with Gasteiger partial charge in [-0.1, -0.05) is 0 Å². The number of benzene rings is 1. The van der Waals surface area contributed by atoms with Gasteiger partial charge in [0.15, 0.2) is 17.3 Å². The number of aryl methyl sites for hydroxylation is 1. The number of hydrogen-bond donors (Lipinski definition) is 1. The number of methoxy groups -OCH3 is 1. The van der Waals surface area contributed by atoms with Crippen LogP contribution in [0.25, 0.3) is 11.4 Å². The highest BCUT2D eigenvalue weighted by Gasteiger charge is 2.18. The van der Waals surface area contributed by atoms with Gasteiger partial charge in [0.25, 0.3) is 5.56 Å². The Kier molecular flexibility index (Phi) is 6.82. The van der Waals surface area contributed by atoms with E-state index in [1.165, 1.54) is 0 Å². The molecule has 1 N–H and O–H groups in total. The predicted octanol–water partition coefficient (Wildman–Crippen LogP) is 1.42. The molecule has 1 aromatic carbocycles. The van der Waals surface area contributed by atoms with Crippen molar-refractivity contribution in [2.45, 2.75) is 32.8 Å². The number of rotatable bonds is 7. The molecule has 1 saturated heterocycles. The van der Waals surface area contributed by atoms with Crippen LogP contribution in [-0.4, -0.2) is 65.5 Å². The third-order valence-corrected chi connectivity index (χ3v) is 4.50. The summed E-state index contributed by atoms with van der Waals surface area (Å²) < 4.78 is 16.3. The summed E-state index contributed by atoms with van der Waals surface area (Å²) in [6, 6.07) is 5.28. The zero-order valence-electron chi connectivity index (χ0n) is 16.9. The zero-order valence-corrected chi connectivity index (χ0v) is 16.9. The molecule has 0 spiro atoms. The van der Waals surface area contributed by atoms with E-state index >= 15 is 0 Å². The fraction of sp³-hybridized carbons (Fsp3) is 0.500. The molecule has 0 saturated carbocycles. The highest BCUT2D eigenvalue weighted by Crippen LogP contribution is 2.31. The van der Waals surface area contributed by atoms with Gasteiger partial charge in [0.05, 0.1) is 26.4 Å². The molecule has 1 aliphatic heterocycles. The lowest BCUT2D eigenvalue weighted by molar-refractivity contribution is -0.135. The van der Waals surface area contributed by atoms with Gasteiger partial charge in [-0.15, -0.1) is 10.2 Å². The maximum atomic E-state index is 12.4. The first-order chi connectivity index (χ1) is 14.0. The summed E-state index contributed by atoms with van der Waals surface area (Å²) in [7, 11) is 1.55. The molecule has 156 valence electrons. The molecular weight excluding hydrogens is 376 g/mol. The zero-order chi connectivity index (χ0) is 20.8. The number of H-pyrrole nitrogens is 1. The van der Waals surface area contributed by atoms with Crippen LogP contribution >= 0.6 is 0 Å². The number of nitrogens with zero attached hydrogens (tertiary/aromatic N) is 3. The molecule has 0 radical (unpaired) electrons. The van der Waals surface area contributed by atoms with Gasteiger partial charge in [0.1, 0.15) is 5.69 Å². The van der Waals surface area contributed by atoms with E-state index in [4.69, 9.17) is 14.2 Å². The van der Waals surface area contributed by atoms with Crippen LogP contribution < -0.4 is 15.0 Å². The Balaban J connectivity index is 1.70. The molecule has 2 aromatic rings. The number of carbonyl (C=O) groups is 1. The molecule has 0 unspecified atom stereocenters. The topological polar surface area (TPSA) is 107 Å². The van der Waals surface area contributed by atoms with Crippen molar-refractivity contribution >= 4 is 5.91 Å². The van der Waals surface area contributed by atoms with Crippen molar-refractivity contribution < 1.29 is 19.0 Å². The van der Waals surface area contributed by atoms with E-state index in [0.29, 0.717) is 49.2 Å². The molecule has 1 aliphatic rings. The Morgan fingerprint density at radius 1 is 1.24 bits per heavy atom. The summed E-state index contributed by atoms with van der Waals surface area (Å²) >= 11 is 0. The lowest BCUT2D eigenvalue weighted by Crippen LogP contribution is -2.41. The average molecular weight is 402 g/mol. The number of carbonyl (C=O) groups excluding carboxylic acids is 1. The largest absolute Gasteiger partial charge is 0.493 e. The van der Waals surface area contributed by atoms with Crippen LogP contribution in [0.15, 0.2) is 23.0 Å². The van der Waals surface area contributed by atoms with Crippen molar-refractivity contribution in [2.24, 2.45) is 0 Å². The summed E-state index contributed by atoms with van der Waals surface area (Å²) in [5.41, 5.74) is 0.534. The maximum Gasteiger partial charge on any atom is 0.273 e. The van der Waals surface area contributed by atoms with Crippen molar-refractivity contribution in [3.63, 3.8) is 0 Å². The van der Waals surface area contributed by atoms with E-state index in [-0.39, 0.29) is 36.1 Å². The number of nitrogens with one attached hydrogen (secondary N) is 1. The number of aromatic nitrogens is 3. The first kappa shape index (κ1) is 20.8. The van der Waals surface area contributed by atoms with Crippen LogP contribution in [0.2, 0.25) is 0 Å². The number of morpholine rings is 1. The van der Waals surface area contributed by atoms with Crippen LogP contribution in [0.5, 0.6) is 11.5 Å². The van der Waals surface area contributed by atoms with Gasteiger partial charge in [-0.3, -0.25) is 9.59 Å². The maximum absolute atomic E-state index is 12.4. The average Bonchev–Trinajstić information content (AvgIpc) is 2.73. The van der Waals surface area contributed by atoms with E-state index in [2.05, 4.69) is 15.2 Å². The van der Waals surface area contributed by atoms with E-state index < -0.39 is 0 Å². The van der Waals surface area contributed by atoms with Crippen LogP contribution in [0, 0.1) is 0 Å². The van der Waals surface area contributed by atoms with Crippen molar-refractivity contribution in [2.75, 3.05) is 33.4 Å². The summed E-state index contributed by atoms with van der Waals surface area (Å²) in [6.07, 6.45) is 0.462. The van der Waals surface area contributed by atoms with Crippen LogP contribution in [0.4, 0.5) is 0 Å². The van der Waals surface area contributed by atoms with Crippen LogP contribution in [0.3, 0.4) is 0 Å². The standard InChI is InChI=1S/C20H26N4O5/c1-13(2)29-16-6-4-14(12-17(16)27-3)19-21-20(26)15(22-23-19)5-7-18(25)24-8-10-28-11-9-24/h4,6,12-13H,5,7-11H2,1-3H3,(H,21,23,26). The molecule has 0 atom stereocenters. The molecule has 9 nitrogen and oxygen atoms in total. The molecular formula is C20H26N4O5. The normalized spacial score (nSPS) is 14.1. The smallest absolute Gasteiger partial charge is 0.273 e. The van der Waals surface area contributed by atoms with Crippen molar-refractivity contribution in [3.8, 4) is 22.9 Å². The first-order valence-corrected chi connectivity index (χ1v) is 9.64. The Morgan fingerprint density at radius 2 is 2.00 bits per heavy atom. The Morgan fingerprint density at radius 3 is 2.66 bits per heavy atom. The first-order valence-electron chi connectivity index (χ1n) is 9.64. The van der Waals surface area contributed by atoms with Crippen LogP contribution in [0.1, 0.15) is 26.0 Å². The van der Waals surface area contributed by atoms with E-state index in [0.717, 1.165) is 0 Å². The molecule has 2 heterocycles. The third-order valence-electron chi connectivity index (χ3n) is 4.50. The van der Waals surface area contributed by atoms with E-state index in [1.807, 2.05) is 13.8 Å². The monoisotopic (exact) mass is 402 g/mol. The van der Waals surface area contributed by atoms with E-state index in [9.17, 15) is 9.59 Å². The fourth-order valence-electron chi connectivity index (χ4n) is 3.02. The van der Waals surface area contributed by atoms with Gasteiger partial charge in [0.2, 0.25) is 5.91 Å². The third kappa shape index (κ3) is 5.32. The molecule has 3 rings (SSSR count). The Bertz CT molecular complexity index is 906. The highest BCUT2D eigenvalue weighted by molar-refractivity contribution is 5.76. The minimum atomic E-state index is -0.355. The summed E-state index contributed by atoms with van der Waals surface area (Å²) in [6.45, 7) is 6.12. The Hall–Kier alpha value is -2.94. The van der Waals surface area contributed by atoms with E-state index in [1.54, 1.807) is 30.2 Å². The number of hydrogen-bond acceptors (Lipinski definition) is 7. The van der Waals surface area contributed by atoms with Gasteiger partial charge in [0, 0.05) is 31.5 Å². The van der Waals surface area contributed by atoms with Gasteiger partial charge < -0.3 is 24.1 Å². The predicted molar refractivity (Wildman–Crippen MR) is 106 cm³/mol. The second-order valence-electron chi connectivity index (χ2n) is 6.97. The van der Waals surface area contributed by atoms with Crippen LogP contribution in [-0.2, 0) is 16.0 Å². The molecule has 29 heavy (non-hydrogen) atoms. The SMILES string of the molecule is COc1cc(-c2nnc(CCC(=O)N3CCOCC3)c(=O)[nH]2)ccc1OC(C)C. The summed E-state index contributed by atoms with van der Waals surface area (Å²) in [5.74, 6) is 1.47. The minimum Gasteiger partial charge on any atom is -0.493 e. The molecule has 0 aliphatic carbocycles. The second kappa shape index (κ2) is 9.51. The van der Waals surface area contributed by atoms with Gasteiger partial charge in [-0.2, -0.15) is 0 Å². The van der Waals surface area contributed by atoms with Crippen molar-refractivity contribution in [3.05, 3.63) is 34.2 Å². The highest BCUT2D eigenvalue weighted by atomic mass is 16.5. The minimum absolute atomic E-state index is 0.00815. The molecule has 1 amide bonds. The van der Waals surface area contributed by atoms with Crippen molar-refractivity contribution in [1.82, 2.24) is 20.1 Å². The Labute approximate surface area is 169 Å². The lowest BCUT2D eigenvalue weighted by Gasteiger charge is -2.26. The molecule has 1 aromatic heterocycles. The quantitative estimate of drug-likeness (QED) is 0.746. The van der Waals surface area contributed by atoms with Gasteiger partial charge >= 0.3 is 0 Å². The molecule has 0 bridgehead atoms. The number of ether oxygens (including phenoxy) is 3. The number of amides is 1. The summed E-state index contributed by atoms with van der Waals surface area (Å²) in [5, 5.41) is 8.16.